The summed E-state index contributed by atoms with van der Waals surface area (Å²) in [5.74, 6) is -0.0663. The van der Waals surface area contributed by atoms with Crippen molar-refractivity contribution in [2.45, 2.75) is 6.92 Å². The van der Waals surface area contributed by atoms with Crippen LogP contribution in [0.15, 0.2) is 29.6 Å². The number of hydrogen-bond donors (Lipinski definition) is 0. The zero-order valence-corrected chi connectivity index (χ0v) is 12.2. The molecule has 21 heavy (non-hydrogen) atoms. The number of carbonyl (C=O) groups excluding carboxylic acids is 1. The van der Waals surface area contributed by atoms with Gasteiger partial charge in [-0.2, -0.15) is 0 Å². The minimum absolute atomic E-state index is 0.0663. The van der Waals surface area contributed by atoms with Crippen LogP contribution in [0, 0.1) is 4.91 Å². The minimum atomic E-state index is -0.0663. The number of fused-ring (bicyclic) bond motifs is 1. The molecule has 0 unspecified atom stereocenters. The van der Waals surface area contributed by atoms with Crippen molar-refractivity contribution in [3.63, 3.8) is 0 Å². The summed E-state index contributed by atoms with van der Waals surface area (Å²) in [5, 5.41) is 3.95. The van der Waals surface area contributed by atoms with Gasteiger partial charge in [0.15, 0.2) is 0 Å². The zero-order chi connectivity index (χ0) is 15.0. The van der Waals surface area contributed by atoms with E-state index in [2.05, 4.69) is 22.0 Å². The second-order valence-electron chi connectivity index (χ2n) is 5.49. The quantitative estimate of drug-likeness (QED) is 0.796. The lowest BCUT2D eigenvalue weighted by atomic mass is 10.2. The third-order valence-electron chi connectivity index (χ3n) is 4.06. The van der Waals surface area contributed by atoms with E-state index in [4.69, 9.17) is 0 Å². The Kier molecular flexibility index (Phi) is 3.47. The topological polar surface area (TPSA) is 57.9 Å². The van der Waals surface area contributed by atoms with Gasteiger partial charge in [-0.15, -0.1) is 4.91 Å². The maximum atomic E-state index is 11.8. The molecule has 1 aliphatic rings. The van der Waals surface area contributed by atoms with E-state index in [1.165, 1.54) is 6.92 Å². The summed E-state index contributed by atoms with van der Waals surface area (Å²) in [6.07, 6.45) is 1.87. The first-order chi connectivity index (χ1) is 10.1. The van der Waals surface area contributed by atoms with Crippen LogP contribution in [-0.2, 0) is 0 Å². The Morgan fingerprint density at radius 3 is 2.52 bits per heavy atom. The summed E-state index contributed by atoms with van der Waals surface area (Å²) in [7, 11) is 2.11. The molecule has 0 bridgehead atoms. The fourth-order valence-electron chi connectivity index (χ4n) is 2.81. The predicted molar refractivity (Wildman–Crippen MR) is 83.4 cm³/mol. The first kappa shape index (κ1) is 13.8. The molecule has 1 aromatic carbocycles. The van der Waals surface area contributed by atoms with Gasteiger partial charge in [0.05, 0.1) is 11.2 Å². The highest BCUT2D eigenvalue weighted by molar-refractivity contribution is 6.01. The van der Waals surface area contributed by atoms with Crippen molar-refractivity contribution < 1.29 is 4.79 Å². The average Bonchev–Trinajstić information content (AvgIpc) is 2.87. The van der Waals surface area contributed by atoms with Crippen molar-refractivity contribution >= 4 is 28.2 Å². The summed E-state index contributed by atoms with van der Waals surface area (Å²) in [6.45, 7) is 5.39. The van der Waals surface area contributed by atoms with E-state index in [1.807, 2.05) is 12.3 Å². The summed E-state index contributed by atoms with van der Waals surface area (Å²) >= 11 is 0. The van der Waals surface area contributed by atoms with Gasteiger partial charge in [-0.3, -0.25) is 9.36 Å². The number of likely N-dealkylation sites (N-methyl/N-ethyl adjacent to an activating group) is 1. The molecule has 110 valence electrons. The molecule has 2 heterocycles. The van der Waals surface area contributed by atoms with Crippen molar-refractivity contribution in [2.75, 3.05) is 38.1 Å². The SMILES string of the molecule is CC(=O)n1cc(N2CCN(C)CC2)c2ccc(N=O)cc21. The van der Waals surface area contributed by atoms with E-state index in [-0.39, 0.29) is 5.91 Å². The monoisotopic (exact) mass is 286 g/mol. The van der Waals surface area contributed by atoms with Crippen molar-refractivity contribution in [3.05, 3.63) is 29.3 Å². The number of nitrogens with zero attached hydrogens (tertiary/aromatic N) is 4. The number of carbonyl (C=O) groups is 1. The van der Waals surface area contributed by atoms with Crippen molar-refractivity contribution in [1.82, 2.24) is 9.47 Å². The molecule has 0 N–H and O–H groups in total. The molecule has 0 radical (unpaired) electrons. The standard InChI is InChI=1S/C15H18N4O2/c1-11(20)19-10-15(18-7-5-17(2)6-8-18)13-4-3-12(16-21)9-14(13)19/h3-4,9-10H,5-8H2,1-2H3. The molecule has 1 aromatic heterocycles. The lowest BCUT2D eigenvalue weighted by molar-refractivity contribution is 0.0941. The highest BCUT2D eigenvalue weighted by Gasteiger charge is 2.20. The second-order valence-corrected chi connectivity index (χ2v) is 5.49. The first-order valence-corrected chi connectivity index (χ1v) is 7.03. The molecule has 1 saturated heterocycles. The zero-order valence-electron chi connectivity index (χ0n) is 12.2. The normalized spacial score (nSPS) is 16.4. The molecule has 0 amide bonds. The van der Waals surface area contributed by atoms with E-state index in [9.17, 15) is 9.70 Å². The minimum Gasteiger partial charge on any atom is -0.367 e. The van der Waals surface area contributed by atoms with Crippen LogP contribution >= 0.6 is 0 Å². The molecular weight excluding hydrogens is 268 g/mol. The Labute approximate surface area is 122 Å². The molecule has 3 rings (SSSR count). The smallest absolute Gasteiger partial charge is 0.228 e. The van der Waals surface area contributed by atoms with Gasteiger partial charge in [0.2, 0.25) is 5.91 Å². The van der Waals surface area contributed by atoms with Gasteiger partial charge in [-0.1, -0.05) is 0 Å². The Balaban J connectivity index is 2.10. The molecule has 0 aliphatic carbocycles. The number of hydrogen-bond acceptors (Lipinski definition) is 5. The summed E-state index contributed by atoms with van der Waals surface area (Å²) < 4.78 is 1.59. The number of piperazine rings is 1. The molecular formula is C15H18N4O2. The molecule has 0 saturated carbocycles. The number of benzene rings is 1. The Morgan fingerprint density at radius 1 is 1.19 bits per heavy atom. The van der Waals surface area contributed by atoms with Crippen LogP contribution in [-0.4, -0.2) is 48.6 Å². The predicted octanol–water partition coefficient (Wildman–Crippen LogP) is 2.45. The molecule has 2 aromatic rings. The van der Waals surface area contributed by atoms with Crippen LogP contribution in [0.4, 0.5) is 11.4 Å². The molecule has 1 aliphatic heterocycles. The van der Waals surface area contributed by atoms with E-state index < -0.39 is 0 Å². The van der Waals surface area contributed by atoms with E-state index in [1.54, 1.807) is 16.7 Å². The molecule has 0 spiro atoms. The van der Waals surface area contributed by atoms with Crippen LogP contribution < -0.4 is 4.90 Å². The number of anilines is 1. The maximum absolute atomic E-state index is 11.8. The van der Waals surface area contributed by atoms with Crippen LogP contribution in [0.5, 0.6) is 0 Å². The molecule has 1 fully saturated rings. The van der Waals surface area contributed by atoms with Gasteiger partial charge >= 0.3 is 0 Å². The largest absolute Gasteiger partial charge is 0.367 e. The van der Waals surface area contributed by atoms with Crippen molar-refractivity contribution in [2.24, 2.45) is 5.18 Å². The van der Waals surface area contributed by atoms with Gasteiger partial charge in [-0.05, 0) is 30.4 Å². The van der Waals surface area contributed by atoms with Crippen molar-refractivity contribution in [3.8, 4) is 0 Å². The Bertz CT molecular complexity index is 699. The molecule has 6 nitrogen and oxygen atoms in total. The van der Waals surface area contributed by atoms with Gasteiger partial charge in [0, 0.05) is 44.7 Å². The average molecular weight is 286 g/mol. The highest BCUT2D eigenvalue weighted by atomic mass is 16.3. The first-order valence-electron chi connectivity index (χ1n) is 7.03. The summed E-state index contributed by atoms with van der Waals surface area (Å²) in [6, 6.07) is 5.24. The van der Waals surface area contributed by atoms with Gasteiger partial charge in [0.1, 0.15) is 5.69 Å². The van der Waals surface area contributed by atoms with E-state index in [0.29, 0.717) is 5.69 Å². The third kappa shape index (κ3) is 2.42. The van der Waals surface area contributed by atoms with Crippen LogP contribution in [0.3, 0.4) is 0 Å². The Morgan fingerprint density at radius 2 is 1.90 bits per heavy atom. The van der Waals surface area contributed by atoms with Gasteiger partial charge < -0.3 is 9.80 Å². The highest BCUT2D eigenvalue weighted by Crippen LogP contribution is 2.32. The Hall–Kier alpha value is -2.21. The number of aromatic nitrogens is 1. The maximum Gasteiger partial charge on any atom is 0.228 e. The molecule has 6 heteroatoms. The van der Waals surface area contributed by atoms with Crippen LogP contribution in [0.2, 0.25) is 0 Å². The van der Waals surface area contributed by atoms with Crippen LogP contribution in [0.25, 0.3) is 10.9 Å². The van der Waals surface area contributed by atoms with E-state index in [0.717, 1.165) is 42.8 Å². The number of nitroso groups, excluding NO2 is 1. The van der Waals surface area contributed by atoms with E-state index >= 15 is 0 Å². The second kappa shape index (κ2) is 5.29. The summed E-state index contributed by atoms with van der Waals surface area (Å²) in [4.78, 5) is 27.1. The fraction of sp³-hybridized carbons (Fsp3) is 0.400. The lowest BCUT2D eigenvalue weighted by Crippen LogP contribution is -2.44. The van der Waals surface area contributed by atoms with Crippen LogP contribution in [0.1, 0.15) is 11.7 Å². The third-order valence-corrected chi connectivity index (χ3v) is 4.06. The van der Waals surface area contributed by atoms with Crippen molar-refractivity contribution in [1.29, 1.82) is 0 Å². The number of rotatable bonds is 2. The lowest BCUT2D eigenvalue weighted by Gasteiger charge is -2.33. The summed E-state index contributed by atoms with van der Waals surface area (Å²) in [5.41, 5.74) is 2.13. The fourth-order valence-corrected chi connectivity index (χ4v) is 2.81. The molecule has 0 atom stereocenters. The van der Waals surface area contributed by atoms with Gasteiger partial charge in [0.25, 0.3) is 0 Å². The van der Waals surface area contributed by atoms with Gasteiger partial charge in [-0.25, -0.2) is 0 Å².